The first kappa shape index (κ1) is 14.2. The lowest BCUT2D eigenvalue weighted by atomic mass is 10.2. The third-order valence-corrected chi connectivity index (χ3v) is 3.84. The fourth-order valence-electron chi connectivity index (χ4n) is 1.03. The van der Waals surface area contributed by atoms with Crippen LogP contribution in [-0.4, -0.2) is 5.91 Å². The van der Waals surface area contributed by atoms with Gasteiger partial charge in [-0.1, -0.05) is 58.0 Å². The van der Waals surface area contributed by atoms with Gasteiger partial charge in [-0.15, -0.1) is 0 Å². The van der Waals surface area contributed by atoms with Gasteiger partial charge in [0.2, 0.25) is 5.91 Å². The third kappa shape index (κ3) is 3.08. The van der Waals surface area contributed by atoms with Crippen LogP contribution in [0.4, 0.5) is 0 Å². The summed E-state index contributed by atoms with van der Waals surface area (Å²) in [5.41, 5.74) is -0.407. The maximum absolute atomic E-state index is 10.8. The van der Waals surface area contributed by atoms with Crippen LogP contribution in [0.2, 0.25) is 20.1 Å². The van der Waals surface area contributed by atoms with Gasteiger partial charge in [-0.25, -0.2) is 0 Å². The normalized spacial score (nSPS) is 12.4. The van der Waals surface area contributed by atoms with Gasteiger partial charge in [0.25, 0.3) is 0 Å². The molecule has 1 rings (SSSR count). The Morgan fingerprint density at radius 1 is 1.19 bits per heavy atom. The van der Waals surface area contributed by atoms with Gasteiger partial charge in [0, 0.05) is 12.5 Å². The van der Waals surface area contributed by atoms with E-state index in [1.165, 1.54) is 13.0 Å². The number of amides is 1. The highest BCUT2D eigenvalue weighted by molar-refractivity contribution is 6.52. The molecule has 0 spiro atoms. The van der Waals surface area contributed by atoms with Crippen molar-refractivity contribution in [2.24, 2.45) is 0 Å². The zero-order chi connectivity index (χ0) is 12.5. The van der Waals surface area contributed by atoms with Crippen LogP contribution in [-0.2, 0) is 4.79 Å². The van der Waals surface area contributed by atoms with Crippen molar-refractivity contribution in [3.8, 4) is 0 Å². The number of halogens is 5. The molecule has 0 radical (unpaired) electrons. The van der Waals surface area contributed by atoms with Gasteiger partial charge in [-0.2, -0.15) is 0 Å². The Bertz CT molecular complexity index is 434. The Hall–Kier alpha value is 0.140. The molecule has 1 aromatic carbocycles. The molecule has 0 aliphatic heterocycles. The van der Waals surface area contributed by atoms with Crippen molar-refractivity contribution >= 4 is 63.9 Å². The molecule has 1 amide bonds. The van der Waals surface area contributed by atoms with Crippen molar-refractivity contribution in [3.05, 3.63) is 31.7 Å². The lowest BCUT2D eigenvalue weighted by Crippen LogP contribution is -2.22. The number of benzene rings is 1. The van der Waals surface area contributed by atoms with E-state index in [9.17, 15) is 4.79 Å². The molecule has 0 aliphatic carbocycles. The number of nitrogens with one attached hydrogen (secondary N) is 1. The summed E-state index contributed by atoms with van der Waals surface area (Å²) in [5.74, 6) is -0.293. The minimum Gasteiger partial charge on any atom is -0.336 e. The molecule has 0 saturated carbocycles. The van der Waals surface area contributed by atoms with Crippen molar-refractivity contribution in [3.63, 3.8) is 0 Å². The molecule has 0 saturated heterocycles. The molecule has 7 heteroatoms. The molecule has 1 unspecified atom stereocenters. The molecule has 16 heavy (non-hydrogen) atoms. The van der Waals surface area contributed by atoms with E-state index in [1.54, 1.807) is 0 Å². The highest BCUT2D eigenvalue weighted by Gasteiger charge is 2.19. The number of rotatable bonds is 2. The molecule has 0 aliphatic rings. The number of hydrogen-bond acceptors (Lipinski definition) is 1. The van der Waals surface area contributed by atoms with Gasteiger partial charge >= 0.3 is 0 Å². The highest BCUT2D eigenvalue weighted by atomic mass is 35.5. The fraction of sp³-hybridized carbons (Fsp3) is 0.222. The van der Waals surface area contributed by atoms with Crippen LogP contribution in [0, 0.1) is 0 Å². The number of hydrogen-bond donors (Lipinski definition) is 1. The Morgan fingerprint density at radius 3 is 2.25 bits per heavy atom. The SMILES string of the molecule is CC(=O)NC(Cl)c1cc(Cl)c(Cl)c(Cl)c1Cl. The maximum atomic E-state index is 10.8. The van der Waals surface area contributed by atoms with Crippen LogP contribution in [0.1, 0.15) is 18.0 Å². The zero-order valence-electron chi connectivity index (χ0n) is 7.95. The standard InChI is InChI=1S/C9H6Cl5NO/c1-3(16)15-9(14)4-2-5(10)7(12)8(13)6(4)11/h2,9H,1H3,(H,15,16). The molecule has 0 fully saturated rings. The van der Waals surface area contributed by atoms with E-state index in [2.05, 4.69) is 5.32 Å². The number of carbonyl (C=O) groups excluding carboxylic acids is 1. The summed E-state index contributed by atoms with van der Waals surface area (Å²) >= 11 is 29.3. The Morgan fingerprint density at radius 2 is 1.75 bits per heavy atom. The second kappa shape index (κ2) is 5.65. The topological polar surface area (TPSA) is 29.1 Å². The summed E-state index contributed by atoms with van der Waals surface area (Å²) in [5, 5.41) is 3.12. The summed E-state index contributed by atoms with van der Waals surface area (Å²) in [6.07, 6.45) is 0. The summed E-state index contributed by atoms with van der Waals surface area (Å²) in [6, 6.07) is 1.46. The highest BCUT2D eigenvalue weighted by Crippen LogP contribution is 2.41. The number of alkyl halides is 1. The molecule has 0 bridgehead atoms. The Balaban J connectivity index is 3.19. The van der Waals surface area contributed by atoms with Crippen molar-refractivity contribution in [2.45, 2.75) is 12.4 Å². The van der Waals surface area contributed by atoms with E-state index < -0.39 is 5.50 Å². The van der Waals surface area contributed by atoms with Crippen molar-refractivity contribution < 1.29 is 4.79 Å². The van der Waals surface area contributed by atoms with Crippen LogP contribution >= 0.6 is 58.0 Å². The van der Waals surface area contributed by atoms with E-state index in [-0.39, 0.29) is 26.0 Å². The minimum absolute atomic E-state index is 0.113. The summed E-state index contributed by atoms with van der Waals surface area (Å²) in [7, 11) is 0. The van der Waals surface area contributed by atoms with Gasteiger partial charge in [0.15, 0.2) is 0 Å². The van der Waals surface area contributed by atoms with Gasteiger partial charge in [0.1, 0.15) is 5.50 Å². The molecular weight excluding hydrogens is 315 g/mol. The molecule has 1 aromatic rings. The van der Waals surface area contributed by atoms with Gasteiger partial charge in [-0.3, -0.25) is 4.79 Å². The van der Waals surface area contributed by atoms with E-state index >= 15 is 0 Å². The Labute approximate surface area is 118 Å². The van der Waals surface area contributed by atoms with Crippen molar-refractivity contribution in [1.29, 1.82) is 0 Å². The smallest absolute Gasteiger partial charge is 0.218 e. The summed E-state index contributed by atoms with van der Waals surface area (Å²) in [6.45, 7) is 1.34. The van der Waals surface area contributed by atoms with E-state index in [4.69, 9.17) is 58.0 Å². The van der Waals surface area contributed by atoms with E-state index in [0.717, 1.165) is 0 Å². The summed E-state index contributed by atoms with van der Waals surface area (Å²) < 4.78 is 0. The second-order valence-electron chi connectivity index (χ2n) is 2.95. The average molecular weight is 321 g/mol. The Kier molecular flexibility index (Phi) is 5.02. The monoisotopic (exact) mass is 319 g/mol. The van der Waals surface area contributed by atoms with Gasteiger partial charge in [0.05, 0.1) is 20.1 Å². The molecule has 88 valence electrons. The second-order valence-corrected chi connectivity index (χ2v) is 4.93. The van der Waals surface area contributed by atoms with E-state index in [1.807, 2.05) is 0 Å². The minimum atomic E-state index is -0.808. The number of carbonyl (C=O) groups is 1. The molecule has 2 nitrogen and oxygen atoms in total. The van der Waals surface area contributed by atoms with Crippen LogP contribution in [0.5, 0.6) is 0 Å². The van der Waals surface area contributed by atoms with Crippen molar-refractivity contribution in [1.82, 2.24) is 5.32 Å². The largest absolute Gasteiger partial charge is 0.336 e. The molecule has 0 heterocycles. The van der Waals surface area contributed by atoms with Crippen molar-refractivity contribution in [2.75, 3.05) is 0 Å². The lowest BCUT2D eigenvalue weighted by molar-refractivity contribution is -0.119. The van der Waals surface area contributed by atoms with Crippen LogP contribution in [0.3, 0.4) is 0 Å². The predicted octanol–water partition coefficient (Wildman–Crippen LogP) is 4.67. The van der Waals surface area contributed by atoms with E-state index in [0.29, 0.717) is 5.56 Å². The maximum Gasteiger partial charge on any atom is 0.218 e. The predicted molar refractivity (Wildman–Crippen MR) is 68.9 cm³/mol. The first-order valence-electron chi connectivity index (χ1n) is 4.08. The third-order valence-electron chi connectivity index (χ3n) is 1.73. The zero-order valence-corrected chi connectivity index (χ0v) is 11.7. The molecule has 1 N–H and O–H groups in total. The molecule has 0 aromatic heterocycles. The average Bonchev–Trinajstić information content (AvgIpc) is 2.19. The summed E-state index contributed by atoms with van der Waals surface area (Å²) in [4.78, 5) is 10.8. The quantitative estimate of drug-likeness (QED) is 0.364. The molecule has 1 atom stereocenters. The van der Waals surface area contributed by atoms with Crippen LogP contribution < -0.4 is 5.32 Å². The first-order chi connectivity index (χ1) is 7.34. The van der Waals surface area contributed by atoms with Gasteiger partial charge < -0.3 is 5.32 Å². The molecular formula is C9H6Cl5NO. The lowest BCUT2D eigenvalue weighted by Gasteiger charge is -2.14. The van der Waals surface area contributed by atoms with Crippen LogP contribution in [0.25, 0.3) is 0 Å². The van der Waals surface area contributed by atoms with Gasteiger partial charge in [-0.05, 0) is 6.07 Å². The van der Waals surface area contributed by atoms with Crippen LogP contribution in [0.15, 0.2) is 6.07 Å². The fourth-order valence-corrected chi connectivity index (χ4v) is 2.34. The first-order valence-corrected chi connectivity index (χ1v) is 6.03.